The molecule has 1 aliphatic rings. The van der Waals surface area contributed by atoms with E-state index >= 15 is 0 Å². The van der Waals surface area contributed by atoms with Crippen LogP contribution in [-0.4, -0.2) is 45.0 Å². The van der Waals surface area contributed by atoms with Crippen molar-refractivity contribution in [3.63, 3.8) is 0 Å². The van der Waals surface area contributed by atoms with Crippen molar-refractivity contribution in [3.05, 3.63) is 48.8 Å². The predicted molar refractivity (Wildman–Crippen MR) is 117 cm³/mol. The maximum Gasteiger partial charge on any atom is 0.227 e. The van der Waals surface area contributed by atoms with Crippen LogP contribution in [0.5, 0.6) is 0 Å². The highest BCUT2D eigenvalue weighted by molar-refractivity contribution is 6.05. The molecule has 2 amide bonds. The minimum absolute atomic E-state index is 0.00212. The number of carbonyl (C=O) groups excluding carboxylic acids is 2. The van der Waals surface area contributed by atoms with E-state index in [4.69, 9.17) is 0 Å². The molecule has 2 aromatic heterocycles. The molecule has 0 radical (unpaired) electrons. The fourth-order valence-electron chi connectivity index (χ4n) is 4.34. The zero-order chi connectivity index (χ0) is 20.7. The second-order valence-corrected chi connectivity index (χ2v) is 7.87. The van der Waals surface area contributed by atoms with E-state index in [1.165, 1.54) is 0 Å². The van der Waals surface area contributed by atoms with E-state index in [2.05, 4.69) is 38.7 Å². The van der Waals surface area contributed by atoms with E-state index in [-0.39, 0.29) is 17.7 Å². The standard InChI is InChI=1S/C23H23N5O2/c1-14(29)28-9-6-15(7-10-28)23(30)26-21-11-16(12-22-19(21)13-25-27-22)17-3-2-4-20-18(17)5-8-24-20/h2-5,8,11-13,15,24H,6-7,9-10H2,1H3,(H,25,27)(H,26,30). The fraction of sp³-hybridized carbons (Fsp3) is 0.261. The van der Waals surface area contributed by atoms with Gasteiger partial charge < -0.3 is 15.2 Å². The number of benzene rings is 2. The molecule has 0 unspecified atom stereocenters. The number of hydrogen-bond donors (Lipinski definition) is 3. The summed E-state index contributed by atoms with van der Waals surface area (Å²) in [5.41, 5.74) is 4.80. The van der Waals surface area contributed by atoms with Gasteiger partial charge in [0.25, 0.3) is 0 Å². The molecule has 1 saturated heterocycles. The number of likely N-dealkylation sites (tertiary alicyclic amines) is 1. The maximum absolute atomic E-state index is 13.0. The molecule has 5 rings (SSSR count). The van der Waals surface area contributed by atoms with Gasteiger partial charge in [-0.2, -0.15) is 5.10 Å². The van der Waals surface area contributed by atoms with E-state index in [9.17, 15) is 9.59 Å². The van der Waals surface area contributed by atoms with Crippen LogP contribution in [0.4, 0.5) is 5.69 Å². The molecule has 30 heavy (non-hydrogen) atoms. The number of rotatable bonds is 3. The Bertz CT molecular complexity index is 1250. The van der Waals surface area contributed by atoms with E-state index in [0.717, 1.165) is 38.6 Å². The van der Waals surface area contributed by atoms with Gasteiger partial charge >= 0.3 is 0 Å². The Hall–Kier alpha value is -3.61. The number of anilines is 1. The number of hydrogen-bond acceptors (Lipinski definition) is 3. The Labute approximate surface area is 173 Å². The molecule has 2 aromatic carbocycles. The molecule has 152 valence electrons. The number of piperidine rings is 1. The smallest absolute Gasteiger partial charge is 0.227 e. The summed E-state index contributed by atoms with van der Waals surface area (Å²) in [5, 5.41) is 12.3. The summed E-state index contributed by atoms with van der Waals surface area (Å²) in [6.45, 7) is 2.83. The minimum Gasteiger partial charge on any atom is -0.361 e. The third-order valence-corrected chi connectivity index (χ3v) is 6.03. The summed E-state index contributed by atoms with van der Waals surface area (Å²) < 4.78 is 0. The second kappa shape index (κ2) is 7.33. The molecule has 0 spiro atoms. The molecule has 0 saturated carbocycles. The van der Waals surface area contributed by atoms with Crippen molar-refractivity contribution in [2.45, 2.75) is 19.8 Å². The fourth-order valence-corrected chi connectivity index (χ4v) is 4.34. The second-order valence-electron chi connectivity index (χ2n) is 7.87. The number of carbonyl (C=O) groups is 2. The van der Waals surface area contributed by atoms with Crippen LogP contribution in [0.3, 0.4) is 0 Å². The number of nitrogens with one attached hydrogen (secondary N) is 3. The Morgan fingerprint density at radius 3 is 2.73 bits per heavy atom. The molecule has 7 nitrogen and oxygen atoms in total. The van der Waals surface area contributed by atoms with Gasteiger partial charge in [0.05, 0.1) is 17.4 Å². The summed E-state index contributed by atoms with van der Waals surface area (Å²) in [7, 11) is 0. The Kier molecular flexibility index (Phi) is 4.50. The third-order valence-electron chi connectivity index (χ3n) is 6.03. The summed E-state index contributed by atoms with van der Waals surface area (Å²) in [5.74, 6) is -0.0300. The molecule has 7 heteroatoms. The van der Waals surface area contributed by atoms with Crippen LogP contribution in [-0.2, 0) is 9.59 Å². The molecule has 1 fully saturated rings. The van der Waals surface area contributed by atoms with Crippen molar-refractivity contribution >= 4 is 39.3 Å². The number of H-pyrrole nitrogens is 2. The molecule has 0 atom stereocenters. The van der Waals surface area contributed by atoms with Crippen LogP contribution in [0.2, 0.25) is 0 Å². The topological polar surface area (TPSA) is 93.9 Å². The Morgan fingerprint density at radius 2 is 1.93 bits per heavy atom. The van der Waals surface area contributed by atoms with E-state index in [0.29, 0.717) is 25.9 Å². The summed E-state index contributed by atoms with van der Waals surface area (Å²) in [6.07, 6.45) is 5.04. The maximum atomic E-state index is 13.0. The van der Waals surface area contributed by atoms with E-state index < -0.39 is 0 Å². The number of fused-ring (bicyclic) bond motifs is 2. The molecule has 3 N–H and O–H groups in total. The van der Waals surface area contributed by atoms with Gasteiger partial charge in [0.2, 0.25) is 11.8 Å². The molecule has 4 aromatic rings. The van der Waals surface area contributed by atoms with Gasteiger partial charge in [-0.1, -0.05) is 12.1 Å². The van der Waals surface area contributed by atoms with Gasteiger partial charge in [-0.05, 0) is 48.2 Å². The van der Waals surface area contributed by atoms with Gasteiger partial charge in [0, 0.05) is 48.4 Å². The first-order valence-electron chi connectivity index (χ1n) is 10.2. The molecule has 0 aliphatic carbocycles. The van der Waals surface area contributed by atoms with Crippen molar-refractivity contribution in [2.75, 3.05) is 18.4 Å². The van der Waals surface area contributed by atoms with Gasteiger partial charge in [-0.15, -0.1) is 0 Å². The van der Waals surface area contributed by atoms with Crippen molar-refractivity contribution in [1.29, 1.82) is 0 Å². The molecular weight excluding hydrogens is 378 g/mol. The van der Waals surface area contributed by atoms with Crippen LogP contribution in [0.25, 0.3) is 32.9 Å². The average Bonchev–Trinajstić information content (AvgIpc) is 3.42. The van der Waals surface area contributed by atoms with Crippen molar-refractivity contribution in [3.8, 4) is 11.1 Å². The van der Waals surface area contributed by atoms with E-state index in [1.54, 1.807) is 18.0 Å². The monoisotopic (exact) mass is 401 g/mol. The number of aromatic nitrogens is 3. The Balaban J connectivity index is 1.46. The van der Waals surface area contributed by atoms with Crippen LogP contribution < -0.4 is 5.32 Å². The van der Waals surface area contributed by atoms with Crippen LogP contribution in [0.1, 0.15) is 19.8 Å². The normalized spacial score (nSPS) is 15.0. The number of aromatic amines is 2. The van der Waals surface area contributed by atoms with Crippen molar-refractivity contribution < 1.29 is 9.59 Å². The lowest BCUT2D eigenvalue weighted by Gasteiger charge is -2.30. The lowest BCUT2D eigenvalue weighted by molar-refractivity contribution is -0.132. The van der Waals surface area contributed by atoms with Gasteiger partial charge in [0.15, 0.2) is 0 Å². The quantitative estimate of drug-likeness (QED) is 0.486. The number of amides is 2. The summed E-state index contributed by atoms with van der Waals surface area (Å²) in [4.78, 5) is 29.6. The van der Waals surface area contributed by atoms with Gasteiger partial charge in [-0.25, -0.2) is 0 Å². The minimum atomic E-state index is -0.0979. The SMILES string of the molecule is CC(=O)N1CCC(C(=O)Nc2cc(-c3cccc4[nH]ccc34)cc3[nH]ncc23)CC1. The van der Waals surface area contributed by atoms with Crippen LogP contribution >= 0.6 is 0 Å². The first kappa shape index (κ1) is 18.4. The highest BCUT2D eigenvalue weighted by atomic mass is 16.2. The van der Waals surface area contributed by atoms with Crippen molar-refractivity contribution in [1.82, 2.24) is 20.1 Å². The van der Waals surface area contributed by atoms with Crippen LogP contribution in [0.15, 0.2) is 48.8 Å². The zero-order valence-corrected chi connectivity index (χ0v) is 16.7. The number of nitrogens with zero attached hydrogens (tertiary/aromatic N) is 2. The molecule has 3 heterocycles. The molecule has 0 bridgehead atoms. The lowest BCUT2D eigenvalue weighted by atomic mass is 9.95. The molecule has 1 aliphatic heterocycles. The van der Waals surface area contributed by atoms with E-state index in [1.807, 2.05) is 24.4 Å². The van der Waals surface area contributed by atoms with Gasteiger partial charge in [-0.3, -0.25) is 14.7 Å². The molecular formula is C23H23N5O2. The first-order valence-corrected chi connectivity index (χ1v) is 10.2. The summed E-state index contributed by atoms with van der Waals surface area (Å²) >= 11 is 0. The average molecular weight is 401 g/mol. The first-order chi connectivity index (χ1) is 14.6. The largest absolute Gasteiger partial charge is 0.361 e. The van der Waals surface area contributed by atoms with Crippen LogP contribution in [0, 0.1) is 5.92 Å². The van der Waals surface area contributed by atoms with Gasteiger partial charge in [0.1, 0.15) is 0 Å². The summed E-state index contributed by atoms with van der Waals surface area (Å²) in [6, 6.07) is 12.3. The third kappa shape index (κ3) is 3.22. The highest BCUT2D eigenvalue weighted by Gasteiger charge is 2.26. The van der Waals surface area contributed by atoms with Crippen molar-refractivity contribution in [2.24, 2.45) is 5.92 Å². The lowest BCUT2D eigenvalue weighted by Crippen LogP contribution is -2.40. The Morgan fingerprint density at radius 1 is 1.10 bits per heavy atom. The zero-order valence-electron chi connectivity index (χ0n) is 16.7. The highest BCUT2D eigenvalue weighted by Crippen LogP contribution is 2.34. The predicted octanol–water partition coefficient (Wildman–Crippen LogP) is 3.91.